The molecule has 0 unspecified atom stereocenters. The van der Waals surface area contributed by atoms with E-state index in [1.807, 2.05) is 36.4 Å². The smallest absolute Gasteiger partial charge is 0.265 e. The monoisotopic (exact) mass is 387 g/mol. The highest BCUT2D eigenvalue weighted by Gasteiger charge is 2.15. The van der Waals surface area contributed by atoms with Gasteiger partial charge in [-0.15, -0.1) is 5.10 Å². The van der Waals surface area contributed by atoms with Gasteiger partial charge in [-0.05, 0) is 47.7 Å². The Hall–Kier alpha value is -2.74. The summed E-state index contributed by atoms with van der Waals surface area (Å²) in [5.74, 6) is 0.320. The molecule has 8 heteroatoms. The third-order valence-electron chi connectivity index (χ3n) is 3.21. The minimum atomic E-state index is -0.659. The number of aromatic nitrogens is 4. The lowest BCUT2D eigenvalue weighted by atomic mass is 10.2. The van der Waals surface area contributed by atoms with Gasteiger partial charge >= 0.3 is 0 Å². The maximum absolute atomic E-state index is 12.3. The van der Waals surface area contributed by atoms with Crippen LogP contribution in [0.2, 0.25) is 0 Å². The summed E-state index contributed by atoms with van der Waals surface area (Å²) in [6.45, 7) is 1.69. The number of anilines is 1. The van der Waals surface area contributed by atoms with Gasteiger partial charge in [0, 0.05) is 16.2 Å². The number of hydrogen-bond acceptors (Lipinski definition) is 5. The first-order valence-electron chi connectivity index (χ1n) is 7.18. The van der Waals surface area contributed by atoms with Gasteiger partial charge < -0.3 is 10.1 Å². The fourth-order valence-electron chi connectivity index (χ4n) is 2.05. The molecule has 122 valence electrons. The summed E-state index contributed by atoms with van der Waals surface area (Å²) in [5, 5.41) is 13.8. The van der Waals surface area contributed by atoms with E-state index in [1.54, 1.807) is 19.1 Å². The van der Waals surface area contributed by atoms with Crippen molar-refractivity contribution in [2.75, 3.05) is 5.32 Å². The van der Waals surface area contributed by atoms with Crippen molar-refractivity contribution >= 4 is 27.5 Å². The van der Waals surface area contributed by atoms with Gasteiger partial charge in [0.25, 0.3) is 5.91 Å². The number of ether oxygens (including phenoxy) is 1. The van der Waals surface area contributed by atoms with E-state index in [9.17, 15) is 4.79 Å². The van der Waals surface area contributed by atoms with Crippen LogP contribution in [0, 0.1) is 0 Å². The Labute approximate surface area is 146 Å². The van der Waals surface area contributed by atoms with Crippen molar-refractivity contribution in [3.63, 3.8) is 0 Å². The molecule has 1 aromatic heterocycles. The van der Waals surface area contributed by atoms with E-state index in [0.717, 1.165) is 10.2 Å². The maximum atomic E-state index is 12.3. The number of rotatable bonds is 5. The summed E-state index contributed by atoms with van der Waals surface area (Å²) in [4.78, 5) is 12.3. The molecule has 2 aromatic carbocycles. The predicted octanol–water partition coefficient (Wildman–Crippen LogP) is 2.83. The van der Waals surface area contributed by atoms with Crippen LogP contribution < -0.4 is 10.1 Å². The van der Waals surface area contributed by atoms with Crippen molar-refractivity contribution in [2.24, 2.45) is 0 Å². The molecule has 1 heterocycles. The number of tetrazole rings is 1. The lowest BCUT2D eigenvalue weighted by Gasteiger charge is -2.15. The van der Waals surface area contributed by atoms with Gasteiger partial charge in [0.15, 0.2) is 6.10 Å². The lowest BCUT2D eigenvalue weighted by molar-refractivity contribution is -0.122. The normalized spacial score (nSPS) is 11.8. The van der Waals surface area contributed by atoms with Crippen LogP contribution in [0.25, 0.3) is 5.69 Å². The molecule has 0 radical (unpaired) electrons. The number of amides is 1. The Morgan fingerprint density at radius 1 is 1.25 bits per heavy atom. The highest BCUT2D eigenvalue weighted by molar-refractivity contribution is 9.10. The third kappa shape index (κ3) is 3.96. The molecule has 0 saturated heterocycles. The summed E-state index contributed by atoms with van der Waals surface area (Å²) in [6.07, 6.45) is 0.829. The zero-order chi connectivity index (χ0) is 16.9. The predicted molar refractivity (Wildman–Crippen MR) is 92.0 cm³/mol. The standard InChI is InChI=1S/C16H14BrN5O2/c1-11(16(23)19-13-5-2-4-12(17)8-13)24-15-7-3-6-14(9-15)22-10-18-20-21-22/h2-11H,1H3,(H,19,23)/t11-/m1/s1. The van der Waals surface area contributed by atoms with Gasteiger partial charge in [0.2, 0.25) is 0 Å². The number of benzene rings is 2. The molecule has 1 N–H and O–H groups in total. The van der Waals surface area contributed by atoms with E-state index in [0.29, 0.717) is 11.4 Å². The van der Waals surface area contributed by atoms with Gasteiger partial charge in [-0.1, -0.05) is 28.1 Å². The molecule has 0 aliphatic carbocycles. The highest BCUT2D eigenvalue weighted by atomic mass is 79.9. The SMILES string of the molecule is C[C@@H](Oc1cccc(-n2cnnn2)c1)C(=O)Nc1cccc(Br)c1. The van der Waals surface area contributed by atoms with Crippen molar-refractivity contribution < 1.29 is 9.53 Å². The van der Waals surface area contributed by atoms with Crippen LogP contribution >= 0.6 is 15.9 Å². The van der Waals surface area contributed by atoms with Gasteiger partial charge in [0.05, 0.1) is 5.69 Å². The molecule has 1 atom stereocenters. The fourth-order valence-corrected chi connectivity index (χ4v) is 2.45. The summed E-state index contributed by atoms with van der Waals surface area (Å²) in [6, 6.07) is 14.6. The van der Waals surface area contributed by atoms with E-state index < -0.39 is 6.10 Å². The van der Waals surface area contributed by atoms with E-state index in [2.05, 4.69) is 36.8 Å². The minimum Gasteiger partial charge on any atom is -0.481 e. The van der Waals surface area contributed by atoms with Crippen molar-refractivity contribution in [1.82, 2.24) is 20.2 Å². The molecule has 24 heavy (non-hydrogen) atoms. The van der Waals surface area contributed by atoms with Crippen molar-refractivity contribution in [3.05, 3.63) is 59.3 Å². The van der Waals surface area contributed by atoms with Crippen LogP contribution in [0.4, 0.5) is 5.69 Å². The van der Waals surface area contributed by atoms with Crippen LogP contribution in [-0.4, -0.2) is 32.2 Å². The van der Waals surface area contributed by atoms with Crippen molar-refractivity contribution in [1.29, 1.82) is 0 Å². The van der Waals surface area contributed by atoms with Gasteiger partial charge in [-0.25, -0.2) is 4.68 Å². The Kier molecular flexibility index (Phi) is 4.85. The van der Waals surface area contributed by atoms with Crippen LogP contribution in [0.1, 0.15) is 6.92 Å². The molecular formula is C16H14BrN5O2. The minimum absolute atomic E-state index is 0.235. The molecule has 0 fully saturated rings. The lowest BCUT2D eigenvalue weighted by Crippen LogP contribution is -2.30. The highest BCUT2D eigenvalue weighted by Crippen LogP contribution is 2.19. The molecule has 1 amide bonds. The number of carbonyl (C=O) groups is 1. The van der Waals surface area contributed by atoms with Gasteiger partial charge in [-0.3, -0.25) is 4.79 Å². The second-order valence-electron chi connectivity index (χ2n) is 5.01. The molecule has 0 bridgehead atoms. The number of halogens is 1. The van der Waals surface area contributed by atoms with Crippen molar-refractivity contribution in [3.8, 4) is 11.4 Å². The average molecular weight is 388 g/mol. The zero-order valence-electron chi connectivity index (χ0n) is 12.8. The molecule has 0 aliphatic rings. The molecule has 0 spiro atoms. The summed E-state index contributed by atoms with van der Waals surface area (Å²) in [7, 11) is 0. The van der Waals surface area contributed by atoms with Crippen molar-refractivity contribution in [2.45, 2.75) is 13.0 Å². The first-order valence-corrected chi connectivity index (χ1v) is 7.97. The van der Waals surface area contributed by atoms with E-state index in [-0.39, 0.29) is 5.91 Å². The Morgan fingerprint density at radius 3 is 2.83 bits per heavy atom. The first kappa shape index (κ1) is 16.1. The third-order valence-corrected chi connectivity index (χ3v) is 3.70. The molecular weight excluding hydrogens is 374 g/mol. The maximum Gasteiger partial charge on any atom is 0.265 e. The number of nitrogens with one attached hydrogen (secondary N) is 1. The summed E-state index contributed by atoms with van der Waals surface area (Å²) in [5.41, 5.74) is 1.45. The second-order valence-corrected chi connectivity index (χ2v) is 5.93. The van der Waals surface area contributed by atoms with Crippen LogP contribution in [0.5, 0.6) is 5.75 Å². The number of hydrogen-bond donors (Lipinski definition) is 1. The molecule has 7 nitrogen and oxygen atoms in total. The molecule has 0 aliphatic heterocycles. The van der Waals surface area contributed by atoms with Gasteiger partial charge in [-0.2, -0.15) is 0 Å². The van der Waals surface area contributed by atoms with Crippen LogP contribution in [0.3, 0.4) is 0 Å². The molecule has 3 aromatic rings. The van der Waals surface area contributed by atoms with E-state index >= 15 is 0 Å². The number of carbonyl (C=O) groups excluding carboxylic acids is 1. The zero-order valence-corrected chi connectivity index (χ0v) is 14.3. The topological polar surface area (TPSA) is 81.9 Å². The van der Waals surface area contributed by atoms with Crippen LogP contribution in [-0.2, 0) is 4.79 Å². The van der Waals surface area contributed by atoms with Crippen LogP contribution in [0.15, 0.2) is 59.3 Å². The van der Waals surface area contributed by atoms with Gasteiger partial charge in [0.1, 0.15) is 12.1 Å². The summed E-state index contributed by atoms with van der Waals surface area (Å²) >= 11 is 3.37. The Bertz CT molecular complexity index is 838. The Balaban J connectivity index is 1.67. The summed E-state index contributed by atoms with van der Waals surface area (Å²) < 4.78 is 8.12. The molecule has 3 rings (SSSR count). The second kappa shape index (κ2) is 7.22. The molecule has 0 saturated carbocycles. The largest absolute Gasteiger partial charge is 0.481 e. The van der Waals surface area contributed by atoms with E-state index in [4.69, 9.17) is 4.74 Å². The van der Waals surface area contributed by atoms with E-state index in [1.165, 1.54) is 11.0 Å². The fraction of sp³-hybridized carbons (Fsp3) is 0.125. The number of nitrogens with zero attached hydrogens (tertiary/aromatic N) is 4. The quantitative estimate of drug-likeness (QED) is 0.727. The average Bonchev–Trinajstić information content (AvgIpc) is 3.09. The first-order chi connectivity index (χ1) is 11.6. The Morgan fingerprint density at radius 2 is 2.08 bits per heavy atom.